The molecule has 1 N–H and O–H groups in total. The number of benzene rings is 1. The smallest absolute Gasteiger partial charge is 0.345 e. The van der Waals surface area contributed by atoms with Crippen LogP contribution in [0.5, 0.6) is 11.5 Å². The maximum absolute atomic E-state index is 12.2. The number of amides is 1. The molecule has 29 heavy (non-hydrogen) atoms. The van der Waals surface area contributed by atoms with Gasteiger partial charge in [-0.1, -0.05) is 0 Å². The highest BCUT2D eigenvalue weighted by atomic mass is 32.2. The number of aromatic nitrogens is 1. The van der Waals surface area contributed by atoms with Gasteiger partial charge in [-0.25, -0.2) is 18.6 Å². The third kappa shape index (κ3) is 5.38. The number of esters is 1. The molecule has 0 aliphatic carbocycles. The molecule has 0 spiro atoms. The average Bonchev–Trinajstić information content (AvgIpc) is 3.09. The van der Waals surface area contributed by atoms with Gasteiger partial charge in [-0.05, 0) is 42.3 Å². The molecule has 1 fully saturated rings. The molecule has 10 heteroatoms. The van der Waals surface area contributed by atoms with Crippen molar-refractivity contribution in [3.8, 4) is 11.5 Å². The van der Waals surface area contributed by atoms with Crippen molar-refractivity contribution in [2.24, 2.45) is 11.0 Å². The van der Waals surface area contributed by atoms with E-state index in [-0.39, 0.29) is 17.3 Å². The summed E-state index contributed by atoms with van der Waals surface area (Å²) in [5, 5.41) is 3.86. The quantitative estimate of drug-likeness (QED) is 0.324. The van der Waals surface area contributed by atoms with Gasteiger partial charge in [-0.2, -0.15) is 5.10 Å². The molecule has 1 saturated heterocycles. The number of carbonyl (C=O) groups excluding carboxylic acids is 2. The van der Waals surface area contributed by atoms with Crippen molar-refractivity contribution in [3.05, 3.63) is 53.9 Å². The molecule has 1 aliphatic heterocycles. The first-order chi connectivity index (χ1) is 13.9. The van der Waals surface area contributed by atoms with Gasteiger partial charge in [0.1, 0.15) is 0 Å². The van der Waals surface area contributed by atoms with Crippen LogP contribution in [-0.4, -0.2) is 50.1 Å². The Hall–Kier alpha value is -3.27. The Morgan fingerprint density at radius 1 is 1.28 bits per heavy atom. The highest BCUT2D eigenvalue weighted by molar-refractivity contribution is 7.91. The van der Waals surface area contributed by atoms with Gasteiger partial charge < -0.3 is 9.47 Å². The van der Waals surface area contributed by atoms with Gasteiger partial charge in [0.05, 0.1) is 36.3 Å². The van der Waals surface area contributed by atoms with Gasteiger partial charge >= 0.3 is 5.97 Å². The molecule has 152 valence electrons. The fraction of sp³-hybridized carbons (Fsp3) is 0.263. The van der Waals surface area contributed by atoms with Crippen molar-refractivity contribution in [1.29, 1.82) is 0 Å². The van der Waals surface area contributed by atoms with E-state index in [1.807, 2.05) is 0 Å². The first-order valence-electron chi connectivity index (χ1n) is 8.71. The number of sulfone groups is 1. The third-order valence-electron chi connectivity index (χ3n) is 4.28. The molecule has 1 amide bonds. The summed E-state index contributed by atoms with van der Waals surface area (Å²) < 4.78 is 33.5. The van der Waals surface area contributed by atoms with Gasteiger partial charge in [0.15, 0.2) is 21.3 Å². The summed E-state index contributed by atoms with van der Waals surface area (Å²) >= 11 is 0. The van der Waals surface area contributed by atoms with Crippen molar-refractivity contribution < 1.29 is 27.5 Å². The number of rotatable bonds is 6. The number of nitrogens with one attached hydrogen (secondary N) is 1. The lowest BCUT2D eigenvalue weighted by Crippen LogP contribution is -2.27. The van der Waals surface area contributed by atoms with Crippen LogP contribution in [0.3, 0.4) is 0 Å². The second kappa shape index (κ2) is 8.82. The molecule has 1 aliphatic rings. The van der Waals surface area contributed by atoms with E-state index in [0.717, 1.165) is 0 Å². The van der Waals surface area contributed by atoms with Crippen molar-refractivity contribution in [2.75, 3.05) is 18.6 Å². The molecule has 0 unspecified atom stereocenters. The van der Waals surface area contributed by atoms with E-state index in [0.29, 0.717) is 23.3 Å². The number of ether oxygens (including phenoxy) is 2. The highest BCUT2D eigenvalue weighted by Crippen LogP contribution is 2.28. The van der Waals surface area contributed by atoms with Gasteiger partial charge in [0.2, 0.25) is 5.91 Å². The van der Waals surface area contributed by atoms with Crippen LogP contribution in [0.2, 0.25) is 0 Å². The molecule has 1 aromatic carbocycles. The fourth-order valence-corrected chi connectivity index (χ4v) is 4.50. The Morgan fingerprint density at radius 2 is 2.10 bits per heavy atom. The van der Waals surface area contributed by atoms with E-state index < -0.39 is 27.6 Å². The molecule has 0 bridgehead atoms. The van der Waals surface area contributed by atoms with Crippen LogP contribution in [0.25, 0.3) is 0 Å². The lowest BCUT2D eigenvalue weighted by molar-refractivity contribution is -0.124. The molecule has 2 heterocycles. The molecule has 3 rings (SSSR count). The molecular weight excluding hydrogens is 398 g/mol. The first-order valence-corrected chi connectivity index (χ1v) is 10.5. The van der Waals surface area contributed by atoms with Crippen LogP contribution < -0.4 is 14.9 Å². The number of hydrogen-bond acceptors (Lipinski definition) is 8. The zero-order chi connectivity index (χ0) is 20.9. The van der Waals surface area contributed by atoms with Crippen LogP contribution in [-0.2, 0) is 14.6 Å². The number of hydrazone groups is 1. The molecule has 1 aromatic heterocycles. The number of nitrogens with zero attached hydrogens (tertiary/aromatic N) is 2. The minimum Gasteiger partial charge on any atom is -0.493 e. The lowest BCUT2D eigenvalue weighted by atomic mass is 10.1. The summed E-state index contributed by atoms with van der Waals surface area (Å²) in [5.74, 6) is -1.20. The van der Waals surface area contributed by atoms with Gasteiger partial charge in [-0.15, -0.1) is 0 Å². The minimum absolute atomic E-state index is 0.0191. The van der Waals surface area contributed by atoms with Crippen LogP contribution in [0.4, 0.5) is 0 Å². The Balaban J connectivity index is 1.63. The Kier molecular flexibility index (Phi) is 6.23. The number of carbonyl (C=O) groups is 2. The molecule has 0 radical (unpaired) electrons. The first kappa shape index (κ1) is 20.5. The SMILES string of the molecule is COc1cc(/C=N\NC(=O)[C@@H]2CCS(=O)(=O)C2)ccc1OC(=O)c1cccnc1. The van der Waals surface area contributed by atoms with E-state index >= 15 is 0 Å². The van der Waals surface area contributed by atoms with Crippen LogP contribution in [0, 0.1) is 5.92 Å². The summed E-state index contributed by atoms with van der Waals surface area (Å²) in [6.45, 7) is 0. The standard InChI is InChI=1S/C19H19N3O6S/c1-27-17-9-13(10-21-22-18(23)15-6-8-29(25,26)12-15)4-5-16(17)28-19(24)14-3-2-7-20-11-14/h2-5,7,9-11,15H,6,8,12H2,1H3,(H,22,23)/b21-10-/t15-/m1/s1. The van der Waals surface area contributed by atoms with Gasteiger partial charge in [-0.3, -0.25) is 9.78 Å². The molecular formula is C19H19N3O6S. The zero-order valence-corrected chi connectivity index (χ0v) is 16.4. The second-order valence-electron chi connectivity index (χ2n) is 6.38. The van der Waals surface area contributed by atoms with E-state index in [1.165, 1.54) is 19.5 Å². The Bertz CT molecular complexity index is 1040. The van der Waals surface area contributed by atoms with Crippen LogP contribution in [0.15, 0.2) is 47.8 Å². The average molecular weight is 417 g/mol. The largest absolute Gasteiger partial charge is 0.493 e. The second-order valence-corrected chi connectivity index (χ2v) is 8.60. The van der Waals surface area contributed by atoms with Crippen molar-refractivity contribution in [2.45, 2.75) is 6.42 Å². The van der Waals surface area contributed by atoms with E-state index in [9.17, 15) is 18.0 Å². The molecule has 9 nitrogen and oxygen atoms in total. The van der Waals surface area contributed by atoms with E-state index in [2.05, 4.69) is 15.5 Å². The van der Waals surface area contributed by atoms with E-state index in [4.69, 9.17) is 9.47 Å². The van der Waals surface area contributed by atoms with Crippen molar-refractivity contribution in [3.63, 3.8) is 0 Å². The maximum atomic E-state index is 12.2. The monoisotopic (exact) mass is 417 g/mol. The number of methoxy groups -OCH3 is 1. The van der Waals surface area contributed by atoms with Crippen molar-refractivity contribution >= 4 is 27.9 Å². The van der Waals surface area contributed by atoms with Crippen LogP contribution in [0.1, 0.15) is 22.3 Å². The third-order valence-corrected chi connectivity index (χ3v) is 6.05. The lowest BCUT2D eigenvalue weighted by Gasteiger charge is -2.10. The predicted octanol–water partition coefficient (Wildman–Crippen LogP) is 1.19. The number of pyridine rings is 1. The van der Waals surface area contributed by atoms with Gasteiger partial charge in [0.25, 0.3) is 0 Å². The summed E-state index contributed by atoms with van der Waals surface area (Å²) in [6, 6.07) is 7.97. The topological polar surface area (TPSA) is 124 Å². The summed E-state index contributed by atoms with van der Waals surface area (Å²) in [4.78, 5) is 28.0. The zero-order valence-electron chi connectivity index (χ0n) is 15.6. The van der Waals surface area contributed by atoms with E-state index in [1.54, 1.807) is 36.5 Å². The normalized spacial score (nSPS) is 17.8. The summed E-state index contributed by atoms with van der Waals surface area (Å²) in [7, 11) is -1.71. The fourth-order valence-electron chi connectivity index (χ4n) is 2.75. The highest BCUT2D eigenvalue weighted by Gasteiger charge is 2.32. The number of hydrogen-bond donors (Lipinski definition) is 1. The Labute approximate surface area is 167 Å². The molecule has 0 saturated carbocycles. The van der Waals surface area contributed by atoms with Crippen molar-refractivity contribution in [1.82, 2.24) is 10.4 Å². The van der Waals surface area contributed by atoms with Gasteiger partial charge in [0, 0.05) is 12.4 Å². The molecule has 1 atom stereocenters. The van der Waals surface area contributed by atoms with Crippen LogP contribution >= 0.6 is 0 Å². The predicted molar refractivity (Wildman–Crippen MR) is 105 cm³/mol. The maximum Gasteiger partial charge on any atom is 0.345 e. The summed E-state index contributed by atoms with van der Waals surface area (Å²) in [5.41, 5.74) is 3.24. The summed E-state index contributed by atoms with van der Waals surface area (Å²) in [6.07, 6.45) is 4.63. The molecule has 2 aromatic rings. The minimum atomic E-state index is -3.14. The Morgan fingerprint density at radius 3 is 2.76 bits per heavy atom.